The van der Waals surface area contributed by atoms with Gasteiger partial charge in [-0.25, -0.2) is 0 Å². The van der Waals surface area contributed by atoms with Crippen LogP contribution in [-0.4, -0.2) is 30.6 Å². The molecule has 0 aromatic heterocycles. The van der Waals surface area contributed by atoms with Crippen molar-refractivity contribution < 1.29 is 9.90 Å². The number of carbonyl (C=O) groups excluding carboxylic acids is 1. The van der Waals surface area contributed by atoms with E-state index in [4.69, 9.17) is 0 Å². The van der Waals surface area contributed by atoms with Crippen LogP contribution < -0.4 is 10.6 Å². The molecule has 18 heavy (non-hydrogen) atoms. The number of nitrogens with one attached hydrogen (secondary N) is 2. The fourth-order valence-corrected chi connectivity index (χ4v) is 1.96. The third-order valence-electron chi connectivity index (χ3n) is 2.95. The lowest BCUT2D eigenvalue weighted by Gasteiger charge is -2.14. The smallest absolute Gasteiger partial charge is 0.224 e. The van der Waals surface area contributed by atoms with E-state index in [0.29, 0.717) is 13.0 Å². The highest BCUT2D eigenvalue weighted by molar-refractivity contribution is 5.78. The molecule has 0 atom stereocenters. The number of phenols is 1. The number of amides is 1. The SMILES string of the molecule is O=C(Cc1cccc(O)c1)NCC1=CCNCC1. The number of carbonyl (C=O) groups is 1. The molecule has 1 aromatic carbocycles. The lowest BCUT2D eigenvalue weighted by atomic mass is 10.1. The topological polar surface area (TPSA) is 61.4 Å². The van der Waals surface area contributed by atoms with Gasteiger partial charge in [0, 0.05) is 13.1 Å². The Labute approximate surface area is 107 Å². The Balaban J connectivity index is 1.80. The van der Waals surface area contributed by atoms with Gasteiger partial charge in [0.15, 0.2) is 0 Å². The largest absolute Gasteiger partial charge is 0.508 e. The molecule has 3 N–H and O–H groups in total. The van der Waals surface area contributed by atoms with Crippen molar-refractivity contribution in [3.8, 4) is 5.75 Å². The molecule has 1 aliphatic rings. The van der Waals surface area contributed by atoms with Gasteiger partial charge in [-0.05, 0) is 30.7 Å². The highest BCUT2D eigenvalue weighted by Gasteiger charge is 2.06. The van der Waals surface area contributed by atoms with Gasteiger partial charge in [0.25, 0.3) is 0 Å². The molecule has 1 aliphatic heterocycles. The van der Waals surface area contributed by atoms with Gasteiger partial charge in [0.05, 0.1) is 6.42 Å². The summed E-state index contributed by atoms with van der Waals surface area (Å²) in [7, 11) is 0. The van der Waals surface area contributed by atoms with Gasteiger partial charge in [-0.3, -0.25) is 4.79 Å². The normalized spacial score (nSPS) is 15.0. The van der Waals surface area contributed by atoms with Crippen molar-refractivity contribution in [2.75, 3.05) is 19.6 Å². The Morgan fingerprint density at radius 2 is 2.33 bits per heavy atom. The summed E-state index contributed by atoms with van der Waals surface area (Å²) in [4.78, 5) is 11.7. The summed E-state index contributed by atoms with van der Waals surface area (Å²) in [6.45, 7) is 2.49. The summed E-state index contributed by atoms with van der Waals surface area (Å²) in [5.41, 5.74) is 2.10. The molecule has 0 fully saturated rings. The molecule has 0 bridgehead atoms. The number of phenolic OH excluding ortho intramolecular Hbond substituents is 1. The number of benzene rings is 1. The van der Waals surface area contributed by atoms with Crippen LogP contribution in [0.4, 0.5) is 0 Å². The van der Waals surface area contributed by atoms with Crippen LogP contribution in [-0.2, 0) is 11.2 Å². The first-order valence-corrected chi connectivity index (χ1v) is 6.17. The average molecular weight is 246 g/mol. The van der Waals surface area contributed by atoms with Gasteiger partial charge >= 0.3 is 0 Å². The predicted octanol–water partition coefficient (Wildman–Crippen LogP) is 0.971. The van der Waals surface area contributed by atoms with E-state index < -0.39 is 0 Å². The van der Waals surface area contributed by atoms with Crippen molar-refractivity contribution in [1.82, 2.24) is 10.6 Å². The minimum Gasteiger partial charge on any atom is -0.508 e. The van der Waals surface area contributed by atoms with Gasteiger partial charge in [-0.2, -0.15) is 0 Å². The molecule has 2 rings (SSSR count). The van der Waals surface area contributed by atoms with Crippen molar-refractivity contribution in [3.63, 3.8) is 0 Å². The van der Waals surface area contributed by atoms with E-state index >= 15 is 0 Å². The maximum Gasteiger partial charge on any atom is 0.224 e. The second-order valence-corrected chi connectivity index (χ2v) is 4.44. The van der Waals surface area contributed by atoms with E-state index in [1.165, 1.54) is 5.57 Å². The zero-order valence-corrected chi connectivity index (χ0v) is 10.3. The van der Waals surface area contributed by atoms with Crippen molar-refractivity contribution in [2.45, 2.75) is 12.8 Å². The third-order valence-corrected chi connectivity index (χ3v) is 2.95. The minimum absolute atomic E-state index is 0.0139. The first-order valence-electron chi connectivity index (χ1n) is 6.17. The summed E-state index contributed by atoms with van der Waals surface area (Å²) in [6, 6.07) is 6.79. The molecule has 1 heterocycles. The summed E-state index contributed by atoms with van der Waals surface area (Å²) in [5, 5.41) is 15.4. The van der Waals surface area contributed by atoms with Crippen LogP contribution in [0.2, 0.25) is 0 Å². The molecule has 0 aliphatic carbocycles. The number of hydrogen-bond donors (Lipinski definition) is 3. The van der Waals surface area contributed by atoms with E-state index in [0.717, 1.165) is 25.1 Å². The van der Waals surface area contributed by atoms with E-state index in [-0.39, 0.29) is 11.7 Å². The first kappa shape index (κ1) is 12.6. The van der Waals surface area contributed by atoms with Crippen LogP contribution in [0, 0.1) is 0 Å². The van der Waals surface area contributed by atoms with Crippen molar-refractivity contribution in [1.29, 1.82) is 0 Å². The summed E-state index contributed by atoms with van der Waals surface area (Å²) in [5.74, 6) is 0.182. The second-order valence-electron chi connectivity index (χ2n) is 4.44. The quantitative estimate of drug-likeness (QED) is 0.694. The highest BCUT2D eigenvalue weighted by atomic mass is 16.3. The standard InChI is InChI=1S/C14H18N2O2/c17-13-3-1-2-12(8-13)9-14(18)16-10-11-4-6-15-7-5-11/h1-4,8,15,17H,5-7,9-10H2,(H,16,18). The molecule has 4 nitrogen and oxygen atoms in total. The highest BCUT2D eigenvalue weighted by Crippen LogP contribution is 2.11. The Bertz CT molecular complexity index is 455. The number of hydrogen-bond acceptors (Lipinski definition) is 3. The van der Waals surface area contributed by atoms with Crippen LogP contribution in [0.25, 0.3) is 0 Å². The molecule has 0 saturated heterocycles. The Morgan fingerprint density at radius 1 is 1.44 bits per heavy atom. The van der Waals surface area contributed by atoms with Gasteiger partial charge in [-0.1, -0.05) is 23.8 Å². The van der Waals surface area contributed by atoms with Crippen molar-refractivity contribution in [3.05, 3.63) is 41.5 Å². The monoisotopic (exact) mass is 246 g/mol. The van der Waals surface area contributed by atoms with Crippen LogP contribution >= 0.6 is 0 Å². The molecule has 0 spiro atoms. The molecule has 4 heteroatoms. The lowest BCUT2D eigenvalue weighted by Crippen LogP contribution is -2.30. The van der Waals surface area contributed by atoms with Gasteiger partial charge < -0.3 is 15.7 Å². The second kappa shape index (κ2) is 6.21. The minimum atomic E-state index is -0.0139. The van der Waals surface area contributed by atoms with Gasteiger partial charge in [0.1, 0.15) is 5.75 Å². The molecule has 0 unspecified atom stereocenters. The maximum atomic E-state index is 11.7. The molecule has 0 radical (unpaired) electrons. The Hall–Kier alpha value is -1.81. The first-order chi connectivity index (χ1) is 8.74. The number of rotatable bonds is 4. The molecule has 1 aromatic rings. The van der Waals surface area contributed by atoms with Gasteiger partial charge in [0.2, 0.25) is 5.91 Å². The third kappa shape index (κ3) is 3.89. The van der Waals surface area contributed by atoms with E-state index in [2.05, 4.69) is 16.7 Å². The van der Waals surface area contributed by atoms with Crippen LogP contribution in [0.3, 0.4) is 0 Å². The van der Waals surface area contributed by atoms with E-state index in [1.807, 2.05) is 6.07 Å². The molecule has 1 amide bonds. The maximum absolute atomic E-state index is 11.7. The summed E-state index contributed by atoms with van der Waals surface area (Å²) in [6.07, 6.45) is 3.42. The zero-order valence-electron chi connectivity index (χ0n) is 10.3. The van der Waals surface area contributed by atoms with Gasteiger partial charge in [-0.15, -0.1) is 0 Å². The van der Waals surface area contributed by atoms with Crippen molar-refractivity contribution in [2.24, 2.45) is 0 Å². The zero-order chi connectivity index (χ0) is 12.8. The van der Waals surface area contributed by atoms with Crippen LogP contribution in [0.1, 0.15) is 12.0 Å². The Kier molecular flexibility index (Phi) is 4.36. The fraction of sp³-hybridized carbons (Fsp3) is 0.357. The van der Waals surface area contributed by atoms with E-state index in [9.17, 15) is 9.90 Å². The predicted molar refractivity (Wildman–Crippen MR) is 70.4 cm³/mol. The van der Waals surface area contributed by atoms with E-state index in [1.54, 1.807) is 18.2 Å². The summed E-state index contributed by atoms with van der Waals surface area (Å²) < 4.78 is 0. The average Bonchev–Trinajstić information content (AvgIpc) is 2.38. The molecular weight excluding hydrogens is 228 g/mol. The lowest BCUT2D eigenvalue weighted by molar-refractivity contribution is -0.120. The fourth-order valence-electron chi connectivity index (χ4n) is 1.96. The van der Waals surface area contributed by atoms with Crippen LogP contribution in [0.15, 0.2) is 35.9 Å². The molecule has 0 saturated carbocycles. The number of aromatic hydroxyl groups is 1. The van der Waals surface area contributed by atoms with Crippen molar-refractivity contribution >= 4 is 5.91 Å². The molecular formula is C14H18N2O2. The summed E-state index contributed by atoms with van der Waals surface area (Å²) >= 11 is 0. The Morgan fingerprint density at radius 3 is 3.06 bits per heavy atom. The van der Waals surface area contributed by atoms with Crippen LogP contribution in [0.5, 0.6) is 5.75 Å². The molecule has 96 valence electrons.